The highest BCUT2D eigenvalue weighted by Gasteiger charge is 2.11. The average Bonchev–Trinajstić information content (AvgIpc) is 2.42. The zero-order valence-corrected chi connectivity index (χ0v) is 12.8. The van der Waals surface area contributed by atoms with Crippen LogP contribution in [0.25, 0.3) is 0 Å². The summed E-state index contributed by atoms with van der Waals surface area (Å²) in [6.45, 7) is 1.88. The van der Waals surface area contributed by atoms with E-state index in [-0.39, 0.29) is 5.91 Å². The van der Waals surface area contributed by atoms with Crippen molar-refractivity contribution in [3.05, 3.63) is 64.2 Å². The van der Waals surface area contributed by atoms with Gasteiger partial charge in [0.25, 0.3) is 5.91 Å². The minimum atomic E-state index is -0.194. The van der Waals surface area contributed by atoms with Gasteiger partial charge in [0.1, 0.15) is 0 Å². The topological polar surface area (TPSA) is 29.1 Å². The number of carbonyl (C=O) groups excluding carboxylic acids is 1. The molecule has 2 nitrogen and oxygen atoms in total. The third-order valence-corrected chi connectivity index (χ3v) is 3.95. The average molecular weight is 339 g/mol. The SMILES string of the molecule is Cc1cccc(C(=O)Nc2ccc(CBr)cc2)c1Cl. The van der Waals surface area contributed by atoms with E-state index in [1.165, 1.54) is 0 Å². The summed E-state index contributed by atoms with van der Waals surface area (Å²) in [5.74, 6) is -0.194. The molecule has 0 heterocycles. The molecule has 0 aliphatic heterocycles. The monoisotopic (exact) mass is 337 g/mol. The fourth-order valence-corrected chi connectivity index (χ4v) is 2.28. The van der Waals surface area contributed by atoms with Crippen molar-refractivity contribution in [2.24, 2.45) is 0 Å². The van der Waals surface area contributed by atoms with Crippen LogP contribution in [0, 0.1) is 6.92 Å². The summed E-state index contributed by atoms with van der Waals surface area (Å²) in [6, 6.07) is 13.1. The van der Waals surface area contributed by atoms with E-state index < -0.39 is 0 Å². The molecule has 0 saturated carbocycles. The fourth-order valence-electron chi connectivity index (χ4n) is 1.70. The molecule has 0 unspecified atom stereocenters. The maximum absolute atomic E-state index is 12.1. The molecule has 2 rings (SSSR count). The van der Waals surface area contributed by atoms with Crippen molar-refractivity contribution in [2.45, 2.75) is 12.3 Å². The van der Waals surface area contributed by atoms with Gasteiger partial charge in [-0.15, -0.1) is 0 Å². The van der Waals surface area contributed by atoms with Gasteiger partial charge in [0.15, 0.2) is 0 Å². The lowest BCUT2D eigenvalue weighted by molar-refractivity contribution is 0.102. The van der Waals surface area contributed by atoms with E-state index in [2.05, 4.69) is 21.2 Å². The number of halogens is 2. The first-order valence-electron chi connectivity index (χ1n) is 5.83. The van der Waals surface area contributed by atoms with Crippen molar-refractivity contribution in [3.8, 4) is 0 Å². The van der Waals surface area contributed by atoms with Gasteiger partial charge >= 0.3 is 0 Å². The lowest BCUT2D eigenvalue weighted by Gasteiger charge is -2.08. The van der Waals surface area contributed by atoms with Crippen LogP contribution >= 0.6 is 27.5 Å². The minimum Gasteiger partial charge on any atom is -0.322 e. The van der Waals surface area contributed by atoms with Crippen molar-refractivity contribution >= 4 is 39.1 Å². The van der Waals surface area contributed by atoms with Gasteiger partial charge in [-0.25, -0.2) is 0 Å². The predicted octanol–water partition coefficient (Wildman–Crippen LogP) is 4.80. The summed E-state index contributed by atoms with van der Waals surface area (Å²) in [5, 5.41) is 4.13. The highest BCUT2D eigenvalue weighted by atomic mass is 79.9. The lowest BCUT2D eigenvalue weighted by Crippen LogP contribution is -2.12. The number of benzene rings is 2. The second-order valence-corrected chi connectivity index (χ2v) is 5.16. The molecule has 0 bridgehead atoms. The van der Waals surface area contributed by atoms with E-state index in [0.717, 1.165) is 22.1 Å². The standard InChI is InChI=1S/C15H13BrClNO/c1-10-3-2-4-13(14(10)17)15(19)18-12-7-5-11(9-16)6-8-12/h2-8H,9H2,1H3,(H,18,19). The Balaban J connectivity index is 2.18. The van der Waals surface area contributed by atoms with Crippen LogP contribution < -0.4 is 5.32 Å². The Morgan fingerprint density at radius 1 is 1.21 bits per heavy atom. The predicted molar refractivity (Wildman–Crippen MR) is 83.2 cm³/mol. The summed E-state index contributed by atoms with van der Waals surface area (Å²) in [5.41, 5.74) is 3.30. The zero-order valence-electron chi connectivity index (χ0n) is 10.4. The van der Waals surface area contributed by atoms with Crippen LogP contribution in [0.5, 0.6) is 0 Å². The fraction of sp³-hybridized carbons (Fsp3) is 0.133. The maximum atomic E-state index is 12.1. The third kappa shape index (κ3) is 3.37. The molecular formula is C15H13BrClNO. The van der Waals surface area contributed by atoms with Crippen molar-refractivity contribution in [1.82, 2.24) is 0 Å². The first kappa shape index (κ1) is 14.1. The highest BCUT2D eigenvalue weighted by Crippen LogP contribution is 2.21. The molecule has 0 spiro atoms. The molecule has 0 radical (unpaired) electrons. The van der Waals surface area contributed by atoms with E-state index >= 15 is 0 Å². The molecule has 0 atom stereocenters. The van der Waals surface area contributed by atoms with Gasteiger partial charge in [-0.05, 0) is 36.2 Å². The number of nitrogens with one attached hydrogen (secondary N) is 1. The number of alkyl halides is 1. The molecule has 1 N–H and O–H groups in total. The Bertz CT molecular complexity index is 596. The van der Waals surface area contributed by atoms with Gasteiger partial charge in [-0.2, -0.15) is 0 Å². The summed E-state index contributed by atoms with van der Waals surface area (Å²) in [7, 11) is 0. The van der Waals surface area contributed by atoms with E-state index in [0.29, 0.717) is 10.6 Å². The molecule has 0 aliphatic carbocycles. The van der Waals surface area contributed by atoms with Crippen molar-refractivity contribution in [1.29, 1.82) is 0 Å². The minimum absolute atomic E-state index is 0.194. The summed E-state index contributed by atoms with van der Waals surface area (Å²) >= 11 is 9.52. The quantitative estimate of drug-likeness (QED) is 0.801. The summed E-state index contributed by atoms with van der Waals surface area (Å²) < 4.78 is 0. The number of amides is 1. The van der Waals surface area contributed by atoms with Crippen LogP contribution in [0.2, 0.25) is 5.02 Å². The van der Waals surface area contributed by atoms with E-state index in [1.807, 2.05) is 43.3 Å². The second-order valence-electron chi connectivity index (χ2n) is 4.22. The summed E-state index contributed by atoms with van der Waals surface area (Å²) in [6.07, 6.45) is 0. The Kier molecular flexibility index (Phi) is 4.61. The van der Waals surface area contributed by atoms with Crippen molar-refractivity contribution in [2.75, 3.05) is 5.32 Å². The van der Waals surface area contributed by atoms with Gasteiger partial charge in [0, 0.05) is 11.0 Å². The Hall–Kier alpha value is -1.32. The van der Waals surface area contributed by atoms with Crippen molar-refractivity contribution < 1.29 is 4.79 Å². The van der Waals surface area contributed by atoms with Crippen LogP contribution in [-0.2, 0) is 5.33 Å². The normalized spacial score (nSPS) is 10.3. The van der Waals surface area contributed by atoms with Gasteiger partial charge in [0.2, 0.25) is 0 Å². The number of anilines is 1. The summed E-state index contributed by atoms with van der Waals surface area (Å²) in [4.78, 5) is 12.1. The van der Waals surface area contributed by atoms with Gasteiger partial charge in [-0.1, -0.05) is 51.8 Å². The van der Waals surface area contributed by atoms with Gasteiger partial charge in [-0.3, -0.25) is 4.79 Å². The molecule has 0 aromatic heterocycles. The van der Waals surface area contributed by atoms with Gasteiger partial charge in [0.05, 0.1) is 10.6 Å². The molecule has 98 valence electrons. The Morgan fingerprint density at radius 3 is 2.53 bits per heavy atom. The molecule has 4 heteroatoms. The number of carbonyl (C=O) groups is 1. The molecule has 19 heavy (non-hydrogen) atoms. The molecule has 2 aromatic rings. The Morgan fingerprint density at radius 2 is 1.89 bits per heavy atom. The number of rotatable bonds is 3. The zero-order chi connectivity index (χ0) is 13.8. The van der Waals surface area contributed by atoms with E-state index in [9.17, 15) is 4.79 Å². The van der Waals surface area contributed by atoms with E-state index in [4.69, 9.17) is 11.6 Å². The highest BCUT2D eigenvalue weighted by molar-refractivity contribution is 9.08. The molecule has 0 fully saturated rings. The van der Waals surface area contributed by atoms with Crippen molar-refractivity contribution in [3.63, 3.8) is 0 Å². The maximum Gasteiger partial charge on any atom is 0.257 e. The van der Waals surface area contributed by atoms with Crippen LogP contribution in [0.1, 0.15) is 21.5 Å². The third-order valence-electron chi connectivity index (χ3n) is 2.80. The second kappa shape index (κ2) is 6.22. The van der Waals surface area contributed by atoms with Gasteiger partial charge < -0.3 is 5.32 Å². The first-order valence-corrected chi connectivity index (χ1v) is 7.33. The van der Waals surface area contributed by atoms with Crippen LogP contribution in [0.3, 0.4) is 0 Å². The molecular weight excluding hydrogens is 326 g/mol. The Labute approximate surface area is 125 Å². The number of hydrogen-bond donors (Lipinski definition) is 1. The largest absolute Gasteiger partial charge is 0.322 e. The smallest absolute Gasteiger partial charge is 0.257 e. The molecule has 0 aliphatic rings. The number of hydrogen-bond acceptors (Lipinski definition) is 1. The molecule has 2 aromatic carbocycles. The lowest BCUT2D eigenvalue weighted by atomic mass is 10.1. The first-order chi connectivity index (χ1) is 9.11. The van der Waals surface area contributed by atoms with Crippen LogP contribution in [0.4, 0.5) is 5.69 Å². The number of aryl methyl sites for hydroxylation is 1. The molecule has 1 amide bonds. The van der Waals surface area contributed by atoms with Crippen LogP contribution in [-0.4, -0.2) is 5.91 Å². The van der Waals surface area contributed by atoms with Crippen LogP contribution in [0.15, 0.2) is 42.5 Å². The molecule has 0 saturated heterocycles. The van der Waals surface area contributed by atoms with E-state index in [1.54, 1.807) is 6.07 Å².